The van der Waals surface area contributed by atoms with Crippen LogP contribution in [-0.2, 0) is 4.74 Å². The molecule has 2 aromatic rings. The molecule has 0 aliphatic rings. The van der Waals surface area contributed by atoms with Crippen molar-refractivity contribution in [1.82, 2.24) is 15.0 Å². The fraction of sp³-hybridized carbons (Fsp3) is 0.231. The maximum atomic E-state index is 11.9. The van der Waals surface area contributed by atoms with Gasteiger partial charge in [0.25, 0.3) is 0 Å². The van der Waals surface area contributed by atoms with E-state index in [4.69, 9.17) is 10.5 Å². The van der Waals surface area contributed by atoms with E-state index in [2.05, 4.69) is 20.3 Å². The molecule has 0 amide bonds. The number of nitrogens with one attached hydrogen (secondary N) is 1. The molecule has 0 bridgehead atoms. The smallest absolute Gasteiger partial charge is 0.343 e. The molecule has 0 unspecified atom stereocenters. The van der Waals surface area contributed by atoms with Crippen LogP contribution in [0, 0.1) is 0 Å². The molecule has 0 radical (unpaired) electrons. The van der Waals surface area contributed by atoms with Gasteiger partial charge < -0.3 is 15.8 Å². The molecule has 0 fully saturated rings. The van der Waals surface area contributed by atoms with Crippen LogP contribution in [0.2, 0.25) is 0 Å². The summed E-state index contributed by atoms with van der Waals surface area (Å²) < 4.78 is 4.99. The number of hydrogen-bond acceptors (Lipinski definition) is 8. The van der Waals surface area contributed by atoms with Crippen LogP contribution in [-0.4, -0.2) is 33.8 Å². The van der Waals surface area contributed by atoms with Crippen molar-refractivity contribution in [3.8, 4) is 0 Å². The van der Waals surface area contributed by atoms with Crippen molar-refractivity contribution in [2.45, 2.75) is 12.1 Å². The third-order valence-corrected chi connectivity index (χ3v) is 3.08. The molecule has 110 valence electrons. The summed E-state index contributed by atoms with van der Waals surface area (Å²) in [6, 6.07) is 3.43. The number of rotatable bonds is 5. The fourth-order valence-electron chi connectivity index (χ4n) is 1.55. The molecule has 0 saturated carbocycles. The number of thioether (sulfide) groups is 1. The monoisotopic (exact) mass is 305 g/mol. The molecule has 2 aromatic heterocycles. The van der Waals surface area contributed by atoms with Crippen molar-refractivity contribution in [1.29, 1.82) is 0 Å². The van der Waals surface area contributed by atoms with Crippen LogP contribution >= 0.6 is 11.8 Å². The largest absolute Gasteiger partial charge is 0.462 e. The third-order valence-electron chi connectivity index (χ3n) is 2.52. The maximum absolute atomic E-state index is 11.9. The molecule has 0 saturated heterocycles. The first-order chi connectivity index (χ1) is 10.2. The van der Waals surface area contributed by atoms with E-state index in [1.165, 1.54) is 18.0 Å². The van der Waals surface area contributed by atoms with Crippen LogP contribution in [0.15, 0.2) is 29.7 Å². The highest BCUT2D eigenvalue weighted by Gasteiger charge is 2.17. The van der Waals surface area contributed by atoms with E-state index in [-0.39, 0.29) is 12.2 Å². The van der Waals surface area contributed by atoms with Gasteiger partial charge in [-0.2, -0.15) is 0 Å². The Kier molecular flexibility index (Phi) is 4.94. The highest BCUT2D eigenvalue weighted by atomic mass is 32.2. The first kappa shape index (κ1) is 15.0. The Bertz CT molecular complexity index is 650. The summed E-state index contributed by atoms with van der Waals surface area (Å²) in [5.41, 5.74) is 6.53. The van der Waals surface area contributed by atoms with Crippen LogP contribution in [0.1, 0.15) is 17.3 Å². The van der Waals surface area contributed by atoms with E-state index in [9.17, 15) is 4.79 Å². The Hall–Kier alpha value is -2.35. The molecule has 2 rings (SSSR count). The predicted molar refractivity (Wildman–Crippen MR) is 81.7 cm³/mol. The number of hydrogen-bond donors (Lipinski definition) is 2. The van der Waals surface area contributed by atoms with Crippen molar-refractivity contribution in [3.05, 3.63) is 30.1 Å². The number of nitrogens with zero attached hydrogens (tertiary/aromatic N) is 3. The van der Waals surface area contributed by atoms with Crippen LogP contribution in [0.3, 0.4) is 0 Å². The molecule has 0 aliphatic heterocycles. The number of nitrogen functional groups attached to an aromatic ring is 1. The van der Waals surface area contributed by atoms with Gasteiger partial charge in [-0.15, -0.1) is 0 Å². The van der Waals surface area contributed by atoms with Gasteiger partial charge in [0.2, 0.25) is 0 Å². The summed E-state index contributed by atoms with van der Waals surface area (Å²) in [6.45, 7) is 2.01. The molecule has 3 N–H and O–H groups in total. The van der Waals surface area contributed by atoms with E-state index in [1.807, 2.05) is 6.26 Å². The molecule has 8 heteroatoms. The minimum Gasteiger partial charge on any atom is -0.462 e. The minimum atomic E-state index is -0.498. The predicted octanol–water partition coefficient (Wildman–Crippen LogP) is 2.10. The molecule has 0 aromatic carbocycles. The number of ether oxygens (including phenoxy) is 1. The quantitative estimate of drug-likeness (QED) is 0.492. The number of nitrogens with two attached hydrogens (primary N) is 1. The van der Waals surface area contributed by atoms with E-state index >= 15 is 0 Å². The van der Waals surface area contributed by atoms with Gasteiger partial charge in [-0.1, -0.05) is 11.8 Å². The highest BCUT2D eigenvalue weighted by Crippen LogP contribution is 2.23. The van der Waals surface area contributed by atoms with Gasteiger partial charge in [0, 0.05) is 12.4 Å². The Balaban J connectivity index is 2.39. The summed E-state index contributed by atoms with van der Waals surface area (Å²) >= 11 is 1.37. The molecule has 0 atom stereocenters. The van der Waals surface area contributed by atoms with Gasteiger partial charge in [0.05, 0.1) is 12.3 Å². The first-order valence-electron chi connectivity index (χ1n) is 6.21. The van der Waals surface area contributed by atoms with Gasteiger partial charge in [-0.3, -0.25) is 0 Å². The van der Waals surface area contributed by atoms with E-state index in [0.29, 0.717) is 22.5 Å². The Morgan fingerprint density at radius 3 is 2.90 bits per heavy atom. The number of anilines is 3. The van der Waals surface area contributed by atoms with E-state index in [1.54, 1.807) is 25.3 Å². The molecule has 7 nitrogen and oxygen atoms in total. The zero-order valence-electron chi connectivity index (χ0n) is 11.7. The molecule has 21 heavy (non-hydrogen) atoms. The second kappa shape index (κ2) is 6.89. The van der Waals surface area contributed by atoms with Crippen molar-refractivity contribution in [2.75, 3.05) is 23.9 Å². The van der Waals surface area contributed by atoms with Crippen LogP contribution in [0.5, 0.6) is 0 Å². The normalized spacial score (nSPS) is 10.2. The summed E-state index contributed by atoms with van der Waals surface area (Å²) in [5, 5.41) is 3.48. The van der Waals surface area contributed by atoms with Crippen molar-refractivity contribution in [2.24, 2.45) is 0 Å². The number of carbonyl (C=O) groups is 1. The average molecular weight is 305 g/mol. The van der Waals surface area contributed by atoms with Crippen molar-refractivity contribution >= 4 is 35.1 Å². The second-order valence-corrected chi connectivity index (χ2v) is 4.68. The zero-order chi connectivity index (χ0) is 15.2. The summed E-state index contributed by atoms with van der Waals surface area (Å²) in [7, 11) is 0. The van der Waals surface area contributed by atoms with Gasteiger partial charge in [-0.25, -0.2) is 19.7 Å². The van der Waals surface area contributed by atoms with Gasteiger partial charge in [0.15, 0.2) is 16.8 Å². The van der Waals surface area contributed by atoms with Gasteiger partial charge in [-0.05, 0) is 25.3 Å². The van der Waals surface area contributed by atoms with Crippen molar-refractivity contribution < 1.29 is 9.53 Å². The van der Waals surface area contributed by atoms with Crippen molar-refractivity contribution in [3.63, 3.8) is 0 Å². The average Bonchev–Trinajstić information content (AvgIpc) is 2.49. The zero-order valence-corrected chi connectivity index (χ0v) is 12.5. The molecular formula is C13H15N5O2S. The summed E-state index contributed by atoms with van der Waals surface area (Å²) in [4.78, 5) is 24.4. The lowest BCUT2D eigenvalue weighted by Gasteiger charge is -2.11. The number of carbonyl (C=O) groups excluding carboxylic acids is 1. The molecule has 2 heterocycles. The first-order valence-corrected chi connectivity index (χ1v) is 7.43. The number of aromatic nitrogens is 3. The van der Waals surface area contributed by atoms with Crippen LogP contribution < -0.4 is 11.1 Å². The molecular weight excluding hydrogens is 290 g/mol. The van der Waals surface area contributed by atoms with Gasteiger partial charge in [0.1, 0.15) is 5.56 Å². The lowest BCUT2D eigenvalue weighted by Crippen LogP contribution is -2.11. The van der Waals surface area contributed by atoms with Crippen LogP contribution in [0.25, 0.3) is 0 Å². The lowest BCUT2D eigenvalue weighted by molar-refractivity contribution is 0.0526. The molecule has 0 spiro atoms. The third kappa shape index (κ3) is 3.60. The lowest BCUT2D eigenvalue weighted by atomic mass is 10.3. The Morgan fingerprint density at radius 1 is 1.43 bits per heavy atom. The second-order valence-electron chi connectivity index (χ2n) is 3.91. The standard InChI is InChI=1S/C13H15N5O2S/c1-3-20-12(19)8-7-16-13(21-2)18-10(8)17-11-9(14)5-4-6-15-11/h4-7H,3,14H2,1-2H3,(H,15,16,17,18). The van der Waals surface area contributed by atoms with E-state index < -0.39 is 5.97 Å². The minimum absolute atomic E-state index is 0.236. The highest BCUT2D eigenvalue weighted by molar-refractivity contribution is 7.98. The summed E-state index contributed by atoms with van der Waals surface area (Å²) in [6.07, 6.45) is 4.87. The van der Waals surface area contributed by atoms with Crippen LogP contribution in [0.4, 0.5) is 17.3 Å². The molecule has 0 aliphatic carbocycles. The Morgan fingerprint density at radius 2 is 2.24 bits per heavy atom. The topological polar surface area (TPSA) is 103 Å². The summed E-state index contributed by atoms with van der Waals surface area (Å²) in [5.74, 6) is 0.245. The number of esters is 1. The Labute approximate surface area is 126 Å². The maximum Gasteiger partial charge on any atom is 0.343 e. The SMILES string of the molecule is CCOC(=O)c1cnc(SC)nc1Nc1ncccc1N. The number of pyridine rings is 1. The van der Waals surface area contributed by atoms with Gasteiger partial charge >= 0.3 is 5.97 Å². The fourth-order valence-corrected chi connectivity index (χ4v) is 1.89. The van der Waals surface area contributed by atoms with E-state index in [0.717, 1.165) is 0 Å².